The number of piperidine rings is 1. The molecule has 3 N–H and O–H groups in total. The van der Waals surface area contributed by atoms with Crippen LogP contribution in [0.15, 0.2) is 28.7 Å². The molecule has 0 atom stereocenters. The molecule has 2 amide bonds. The second kappa shape index (κ2) is 9.82. The first-order valence-corrected chi connectivity index (χ1v) is 7.98. The lowest BCUT2D eigenvalue weighted by molar-refractivity contribution is -0.121. The monoisotopic (exact) mass is 389 g/mol. The van der Waals surface area contributed by atoms with Crippen LogP contribution in [0.25, 0.3) is 0 Å². The van der Waals surface area contributed by atoms with E-state index >= 15 is 0 Å². The van der Waals surface area contributed by atoms with Gasteiger partial charge in [-0.15, -0.1) is 12.4 Å². The van der Waals surface area contributed by atoms with Crippen LogP contribution in [0.5, 0.6) is 0 Å². The second-order valence-electron chi connectivity index (χ2n) is 5.10. The number of carbonyl (C=O) groups excluding carboxylic acids is 2. The minimum Gasteiger partial charge on any atom is -0.353 e. The molecule has 22 heavy (non-hydrogen) atoms. The molecule has 122 valence electrons. The first-order valence-electron chi connectivity index (χ1n) is 7.19. The lowest BCUT2D eigenvalue weighted by Gasteiger charge is -2.23. The fourth-order valence-electron chi connectivity index (χ4n) is 2.26. The summed E-state index contributed by atoms with van der Waals surface area (Å²) in [6.45, 7) is 2.25. The van der Waals surface area contributed by atoms with Gasteiger partial charge < -0.3 is 16.0 Å². The Morgan fingerprint density at radius 3 is 2.45 bits per heavy atom. The zero-order valence-corrected chi connectivity index (χ0v) is 14.6. The van der Waals surface area contributed by atoms with Gasteiger partial charge in [0, 0.05) is 29.0 Å². The quantitative estimate of drug-likeness (QED) is 0.719. The summed E-state index contributed by atoms with van der Waals surface area (Å²) in [6.07, 6.45) is 2.25. The van der Waals surface area contributed by atoms with Crippen molar-refractivity contribution in [3.05, 3.63) is 34.3 Å². The van der Waals surface area contributed by atoms with Crippen LogP contribution in [-0.2, 0) is 4.79 Å². The van der Waals surface area contributed by atoms with Crippen molar-refractivity contribution in [2.45, 2.75) is 25.3 Å². The number of halogens is 2. The topological polar surface area (TPSA) is 70.2 Å². The number of rotatable bonds is 5. The van der Waals surface area contributed by atoms with Crippen molar-refractivity contribution in [2.24, 2.45) is 0 Å². The molecule has 1 fully saturated rings. The minimum atomic E-state index is -0.155. The fourth-order valence-corrected chi connectivity index (χ4v) is 2.52. The highest BCUT2D eigenvalue weighted by Crippen LogP contribution is 2.10. The molecule has 7 heteroatoms. The van der Waals surface area contributed by atoms with E-state index in [0.29, 0.717) is 18.5 Å². The van der Waals surface area contributed by atoms with Gasteiger partial charge in [-0.1, -0.05) is 15.9 Å². The molecule has 1 saturated heterocycles. The summed E-state index contributed by atoms with van der Waals surface area (Å²) in [4.78, 5) is 23.6. The van der Waals surface area contributed by atoms with Crippen LogP contribution in [0, 0.1) is 0 Å². The van der Waals surface area contributed by atoms with Gasteiger partial charge in [0.25, 0.3) is 5.91 Å². The van der Waals surface area contributed by atoms with Crippen LogP contribution in [0.4, 0.5) is 0 Å². The Bertz CT molecular complexity index is 490. The van der Waals surface area contributed by atoms with E-state index in [1.54, 1.807) is 12.1 Å². The molecule has 0 aliphatic carbocycles. The number of carbonyl (C=O) groups is 2. The van der Waals surface area contributed by atoms with Crippen LogP contribution in [0.2, 0.25) is 0 Å². The molecular weight excluding hydrogens is 370 g/mol. The number of amides is 2. The molecule has 0 unspecified atom stereocenters. The summed E-state index contributed by atoms with van der Waals surface area (Å²) < 4.78 is 0.931. The lowest BCUT2D eigenvalue weighted by atomic mass is 10.1. The molecule has 1 aromatic carbocycles. The summed E-state index contributed by atoms with van der Waals surface area (Å²) in [5.74, 6) is -0.157. The first-order chi connectivity index (χ1) is 10.1. The Kier molecular flexibility index (Phi) is 8.45. The maximum atomic E-state index is 11.9. The Morgan fingerprint density at radius 1 is 1.18 bits per heavy atom. The van der Waals surface area contributed by atoms with E-state index in [9.17, 15) is 9.59 Å². The summed E-state index contributed by atoms with van der Waals surface area (Å²) in [5, 5.41) is 9.02. The van der Waals surface area contributed by atoms with Crippen LogP contribution >= 0.6 is 28.3 Å². The van der Waals surface area contributed by atoms with E-state index in [4.69, 9.17) is 0 Å². The standard InChI is InChI=1S/C15H20BrN3O2.ClH/c16-12-3-1-11(2-4-12)15(21)18-10-7-14(20)19-13-5-8-17-9-6-13;/h1-4,13,17H,5-10H2,(H,18,21)(H,19,20);1H. The van der Waals surface area contributed by atoms with Crippen LogP contribution < -0.4 is 16.0 Å². The van der Waals surface area contributed by atoms with Crippen molar-refractivity contribution in [2.75, 3.05) is 19.6 Å². The predicted molar refractivity (Wildman–Crippen MR) is 92.4 cm³/mol. The van der Waals surface area contributed by atoms with Crippen molar-refractivity contribution in [3.8, 4) is 0 Å². The van der Waals surface area contributed by atoms with Gasteiger partial charge in [-0.05, 0) is 50.2 Å². The maximum Gasteiger partial charge on any atom is 0.251 e. The van der Waals surface area contributed by atoms with Gasteiger partial charge in [0.1, 0.15) is 0 Å². The summed E-state index contributed by atoms with van der Waals surface area (Å²) in [5.41, 5.74) is 0.594. The lowest BCUT2D eigenvalue weighted by Crippen LogP contribution is -2.43. The zero-order valence-electron chi connectivity index (χ0n) is 12.2. The molecule has 0 saturated carbocycles. The molecule has 2 rings (SSSR count). The van der Waals surface area contributed by atoms with Crippen molar-refractivity contribution in [3.63, 3.8) is 0 Å². The molecule has 1 aromatic rings. The number of benzene rings is 1. The Balaban J connectivity index is 0.00000242. The van der Waals surface area contributed by atoms with Crippen molar-refractivity contribution < 1.29 is 9.59 Å². The molecule has 1 heterocycles. The highest BCUT2D eigenvalue weighted by atomic mass is 79.9. The Morgan fingerprint density at radius 2 is 1.82 bits per heavy atom. The largest absolute Gasteiger partial charge is 0.353 e. The van der Waals surface area contributed by atoms with E-state index in [-0.39, 0.29) is 30.3 Å². The van der Waals surface area contributed by atoms with Crippen molar-refractivity contribution in [1.82, 2.24) is 16.0 Å². The number of hydrogen-bond donors (Lipinski definition) is 3. The summed E-state index contributed by atoms with van der Waals surface area (Å²) >= 11 is 3.32. The van der Waals surface area contributed by atoms with Gasteiger partial charge in [0.2, 0.25) is 5.91 Å². The van der Waals surface area contributed by atoms with Crippen LogP contribution in [0.1, 0.15) is 29.6 Å². The van der Waals surface area contributed by atoms with Crippen molar-refractivity contribution in [1.29, 1.82) is 0 Å². The van der Waals surface area contributed by atoms with Crippen LogP contribution in [-0.4, -0.2) is 37.5 Å². The van der Waals surface area contributed by atoms with Crippen molar-refractivity contribution >= 4 is 40.2 Å². The Labute approximate surface area is 145 Å². The minimum absolute atomic E-state index is 0. The van der Waals surface area contributed by atoms with Gasteiger partial charge in [0.05, 0.1) is 0 Å². The van der Waals surface area contributed by atoms with Gasteiger partial charge in [-0.2, -0.15) is 0 Å². The number of hydrogen-bond acceptors (Lipinski definition) is 3. The molecule has 0 aromatic heterocycles. The van der Waals surface area contributed by atoms with E-state index in [2.05, 4.69) is 31.9 Å². The highest BCUT2D eigenvalue weighted by molar-refractivity contribution is 9.10. The average molecular weight is 391 g/mol. The fraction of sp³-hybridized carbons (Fsp3) is 0.467. The zero-order chi connectivity index (χ0) is 15.1. The molecule has 0 spiro atoms. The van der Waals surface area contributed by atoms with Gasteiger partial charge >= 0.3 is 0 Å². The third-order valence-electron chi connectivity index (χ3n) is 3.45. The normalized spacial score (nSPS) is 14.8. The SMILES string of the molecule is Cl.O=C(CCNC(=O)c1ccc(Br)cc1)NC1CCNCC1. The average Bonchev–Trinajstić information content (AvgIpc) is 2.49. The van der Waals surface area contributed by atoms with E-state index < -0.39 is 0 Å². The highest BCUT2D eigenvalue weighted by Gasteiger charge is 2.15. The van der Waals surface area contributed by atoms with E-state index in [1.807, 2.05) is 12.1 Å². The van der Waals surface area contributed by atoms with E-state index in [1.165, 1.54) is 0 Å². The molecule has 1 aliphatic rings. The molecular formula is C15H21BrClN3O2. The molecule has 1 aliphatic heterocycles. The number of nitrogens with one attached hydrogen (secondary N) is 3. The molecule has 5 nitrogen and oxygen atoms in total. The third kappa shape index (κ3) is 6.34. The van der Waals surface area contributed by atoms with E-state index in [0.717, 1.165) is 30.4 Å². The maximum absolute atomic E-state index is 11.9. The van der Waals surface area contributed by atoms with Gasteiger partial charge in [-0.3, -0.25) is 9.59 Å². The first kappa shape index (κ1) is 18.9. The summed E-state index contributed by atoms with van der Waals surface area (Å²) in [7, 11) is 0. The third-order valence-corrected chi connectivity index (χ3v) is 3.98. The molecule has 0 bridgehead atoms. The van der Waals surface area contributed by atoms with Gasteiger partial charge in [-0.25, -0.2) is 0 Å². The Hall–Kier alpha value is -1.11. The summed E-state index contributed by atoms with van der Waals surface area (Å²) in [6, 6.07) is 7.39. The second-order valence-corrected chi connectivity index (χ2v) is 6.02. The predicted octanol–water partition coefficient (Wildman–Crippen LogP) is 1.86. The smallest absolute Gasteiger partial charge is 0.251 e. The molecule has 0 radical (unpaired) electrons. The van der Waals surface area contributed by atoms with Gasteiger partial charge in [0.15, 0.2) is 0 Å². The van der Waals surface area contributed by atoms with Crippen LogP contribution in [0.3, 0.4) is 0 Å².